The summed E-state index contributed by atoms with van der Waals surface area (Å²) in [6, 6.07) is -12.2. The number of amides is 13. The van der Waals surface area contributed by atoms with Crippen LogP contribution >= 0.6 is 0 Å². The third kappa shape index (κ3) is 27.9. The minimum atomic E-state index is -1.73. The lowest BCUT2D eigenvalue weighted by Crippen LogP contribution is -2.61. The maximum atomic E-state index is 14.8. The third-order valence-corrected chi connectivity index (χ3v) is 18.5. The number of likely N-dealkylation sites (N-methyl/N-ethyl adjacent to an activating group) is 5. The Morgan fingerprint density at radius 2 is 0.990 bits per heavy atom. The number of nitrogens with zero attached hydrogens (tertiary/aromatic N) is 5. The van der Waals surface area contributed by atoms with Gasteiger partial charge in [-0.3, -0.25) is 62.3 Å². The number of nitrogens with one attached hydrogen (secondary N) is 8. The van der Waals surface area contributed by atoms with Crippen LogP contribution in [0.25, 0.3) is 0 Å². The van der Waals surface area contributed by atoms with E-state index in [2.05, 4.69) is 42.5 Å². The fraction of sp³-hybridized carbons (Fsp3) is 0.800. The van der Waals surface area contributed by atoms with Gasteiger partial charge in [0.05, 0.1) is 0 Å². The zero-order valence-corrected chi connectivity index (χ0v) is 63.9. The van der Waals surface area contributed by atoms with E-state index >= 15 is 0 Å². The highest BCUT2D eigenvalue weighted by Crippen LogP contribution is 2.24. The highest BCUT2D eigenvalue weighted by Gasteiger charge is 2.43. The van der Waals surface area contributed by atoms with E-state index in [1.165, 1.54) is 75.8 Å². The summed E-state index contributed by atoms with van der Waals surface area (Å²) in [7, 11) is 8.40. The molecule has 0 aliphatic carbocycles. The molecule has 99 heavy (non-hydrogen) atoms. The van der Waals surface area contributed by atoms with Gasteiger partial charge in [-0.2, -0.15) is 0 Å². The molecule has 29 nitrogen and oxygen atoms in total. The molecule has 0 aromatic heterocycles. The van der Waals surface area contributed by atoms with Gasteiger partial charge in [0.1, 0.15) is 73.1 Å². The van der Waals surface area contributed by atoms with Gasteiger partial charge < -0.3 is 76.5 Å². The van der Waals surface area contributed by atoms with Crippen LogP contribution in [-0.2, 0) is 76.6 Å². The summed E-state index contributed by atoms with van der Waals surface area (Å²) in [5.74, 6) is -12.4. The van der Waals surface area contributed by atoms with E-state index in [9.17, 15) is 67.1 Å². The van der Waals surface area contributed by atoms with Gasteiger partial charge in [0.2, 0.25) is 76.8 Å². The summed E-state index contributed by atoms with van der Waals surface area (Å²) in [6.45, 7) is 30.3. The fourth-order valence-electron chi connectivity index (χ4n) is 11.8. The molecule has 8 N–H and O–H groups in total. The molecule has 1 heterocycles. The first-order valence-electron chi connectivity index (χ1n) is 35.4. The van der Waals surface area contributed by atoms with Crippen molar-refractivity contribution in [2.45, 2.75) is 249 Å². The minimum absolute atomic E-state index is 0.0609. The Labute approximate surface area is 589 Å². The largest absolute Gasteiger partial charge is 0.458 e. The average Bonchev–Trinajstić information content (AvgIpc) is 0.834. The number of cyclic esters (lactones) is 1. The summed E-state index contributed by atoms with van der Waals surface area (Å²) in [4.78, 5) is 205. The van der Waals surface area contributed by atoms with Crippen molar-refractivity contribution in [2.75, 3.05) is 68.6 Å². The lowest BCUT2D eigenvalue weighted by atomic mass is 9.94. The maximum Gasteiger partial charge on any atom is 0.329 e. The summed E-state index contributed by atoms with van der Waals surface area (Å²) >= 11 is 0. The average molecular weight is 1400 g/mol. The predicted octanol–water partition coefficient (Wildman–Crippen LogP) is 2.26. The van der Waals surface area contributed by atoms with E-state index in [0.29, 0.717) is 19.3 Å². The maximum absolute atomic E-state index is 14.8. The van der Waals surface area contributed by atoms with E-state index in [1.807, 2.05) is 55.4 Å². The van der Waals surface area contributed by atoms with E-state index < -0.39 is 185 Å². The van der Waals surface area contributed by atoms with Crippen LogP contribution in [0.15, 0.2) is 0 Å². The molecule has 1 saturated heterocycles. The number of methoxy groups -OCH3 is 1. The number of ether oxygens (including phenoxy) is 2. The lowest BCUT2D eigenvalue weighted by molar-refractivity contribution is -0.163. The highest BCUT2D eigenvalue weighted by atomic mass is 16.5. The molecule has 1 aliphatic rings. The first kappa shape index (κ1) is 89.6. The van der Waals surface area contributed by atoms with E-state index in [1.54, 1.807) is 55.4 Å². The molecule has 0 aromatic carbocycles. The van der Waals surface area contributed by atoms with Crippen molar-refractivity contribution >= 4 is 82.8 Å². The second-order valence-electron chi connectivity index (χ2n) is 28.8. The molecular weight excluding hydrogens is 1280 g/mol. The molecule has 29 heteroatoms. The van der Waals surface area contributed by atoms with Gasteiger partial charge in [-0.15, -0.1) is 0 Å². The Morgan fingerprint density at radius 3 is 1.42 bits per heavy atom. The molecule has 0 bridgehead atoms. The minimum Gasteiger partial charge on any atom is -0.458 e. The second-order valence-corrected chi connectivity index (χ2v) is 28.8. The molecule has 0 unspecified atom stereocenters. The topological polar surface area (TPSA) is 370 Å². The van der Waals surface area contributed by atoms with Crippen molar-refractivity contribution in [3.8, 4) is 0 Å². The van der Waals surface area contributed by atoms with Crippen LogP contribution < -0.4 is 42.5 Å². The molecule has 566 valence electrons. The van der Waals surface area contributed by atoms with Crippen LogP contribution in [-0.4, -0.2) is 242 Å². The van der Waals surface area contributed by atoms with Crippen LogP contribution in [0.1, 0.15) is 182 Å². The van der Waals surface area contributed by atoms with Gasteiger partial charge in [0.15, 0.2) is 0 Å². The smallest absolute Gasteiger partial charge is 0.329 e. The Kier molecular flexibility index (Phi) is 39.1. The zero-order chi connectivity index (χ0) is 76.2. The molecular formula is C70H125N13O16. The number of esters is 1. The van der Waals surface area contributed by atoms with E-state index in [-0.39, 0.29) is 76.1 Å². The van der Waals surface area contributed by atoms with Gasteiger partial charge in [0, 0.05) is 81.2 Å². The van der Waals surface area contributed by atoms with Crippen molar-refractivity contribution in [3.05, 3.63) is 0 Å². The fourth-order valence-corrected chi connectivity index (χ4v) is 11.8. The molecule has 1 rings (SSSR count). The first-order chi connectivity index (χ1) is 46.1. The normalized spacial score (nSPS) is 24.8. The number of carbonyl (C=O) groups excluding carboxylic acids is 14. The van der Waals surface area contributed by atoms with Crippen molar-refractivity contribution in [1.29, 1.82) is 0 Å². The van der Waals surface area contributed by atoms with Gasteiger partial charge in [-0.05, 0) is 80.5 Å². The lowest BCUT2D eigenvalue weighted by Gasteiger charge is -2.37. The van der Waals surface area contributed by atoms with Crippen molar-refractivity contribution in [2.24, 2.45) is 47.3 Å². The summed E-state index contributed by atoms with van der Waals surface area (Å²) < 4.78 is 11.1. The monoisotopic (exact) mass is 1400 g/mol. The summed E-state index contributed by atoms with van der Waals surface area (Å²) in [5, 5.41) is 21.9. The van der Waals surface area contributed by atoms with Gasteiger partial charge in [-0.1, -0.05) is 130 Å². The molecule has 1 aliphatic heterocycles. The molecule has 0 spiro atoms. The van der Waals surface area contributed by atoms with Crippen LogP contribution in [0, 0.1) is 47.3 Å². The molecule has 14 atom stereocenters. The Bertz CT molecular complexity index is 2730. The van der Waals surface area contributed by atoms with Crippen LogP contribution in [0.3, 0.4) is 0 Å². The Morgan fingerprint density at radius 1 is 0.556 bits per heavy atom. The molecule has 13 amide bonds. The Hall–Kier alpha value is -7.46. The van der Waals surface area contributed by atoms with Crippen molar-refractivity contribution in [3.63, 3.8) is 0 Å². The Balaban J connectivity index is 4.18. The standard InChI is InChI=1S/C70H125N13O16/c1-25-43(14)56-68(95)81(21)58(42(12)13)69(96)79(19)46(17)61(88)71-31-28-51(84)75-49(35-39(6)7)66(93)83(23)60(45(16)27-3)70(97)99-47(18)57(78-62(89)50(36-40(8)9)80(20)67(94)55(41(10)11)77-54(87)37-98-24)63(90)72-32-29-52(85)74-48(34-38(4)5)65(92)82(22)59(44(15)26-2)64(91)73-33-30-53(86)76-56/h38-50,55-60H,25-37H2,1-24H3,(H,71,88)(H,72,90)(H,73,91)(H,74,85)(H,75,84)(H,76,86)(H,77,87)(H,78,89)/t43-,44+,45+,46-,47-,48-,49-,50+,55-,56-,57-,58-,59+,60-/m0/s1. The van der Waals surface area contributed by atoms with Crippen molar-refractivity contribution in [1.82, 2.24) is 67.0 Å². The van der Waals surface area contributed by atoms with Crippen LogP contribution in [0.5, 0.6) is 0 Å². The van der Waals surface area contributed by atoms with Gasteiger partial charge in [0.25, 0.3) is 0 Å². The molecule has 0 aromatic rings. The first-order valence-corrected chi connectivity index (χ1v) is 35.4. The van der Waals surface area contributed by atoms with Crippen LogP contribution in [0.4, 0.5) is 0 Å². The van der Waals surface area contributed by atoms with Gasteiger partial charge in [-0.25, -0.2) is 4.79 Å². The van der Waals surface area contributed by atoms with E-state index in [4.69, 9.17) is 9.47 Å². The number of rotatable bonds is 21. The number of carbonyl (C=O) groups is 14. The quantitative estimate of drug-likeness (QED) is 0.0764. The van der Waals surface area contributed by atoms with Crippen molar-refractivity contribution < 1.29 is 76.6 Å². The summed E-state index contributed by atoms with van der Waals surface area (Å²) in [6.07, 6.45) is -0.987. The molecule has 1 fully saturated rings. The zero-order valence-electron chi connectivity index (χ0n) is 63.9. The number of hydrogen-bond donors (Lipinski definition) is 8. The summed E-state index contributed by atoms with van der Waals surface area (Å²) in [5.41, 5.74) is 0. The number of hydrogen-bond acceptors (Lipinski definition) is 16. The van der Waals surface area contributed by atoms with E-state index in [0.717, 1.165) is 4.90 Å². The highest BCUT2D eigenvalue weighted by molar-refractivity contribution is 5.97. The second kappa shape index (κ2) is 43.3. The third-order valence-electron chi connectivity index (χ3n) is 18.5. The predicted molar refractivity (Wildman–Crippen MR) is 375 cm³/mol. The molecule has 0 saturated carbocycles. The van der Waals surface area contributed by atoms with Crippen LogP contribution in [0.2, 0.25) is 0 Å². The molecule has 0 radical (unpaired) electrons. The SMILES string of the molecule is CC[C@@H](C)[C@H]1C(=O)O[C@@H](C)[C@H](NC(=O)[C@@H](CC(C)C)N(C)C(=O)[C@@H](NC(=O)COC)C(C)C)C(=O)NCCC(=O)N[C@@H](CC(C)C)C(=O)N(C)[C@H]([C@H](C)CC)C(=O)NCCC(=O)N[C@@H]([C@@H](C)CC)C(=O)N(C)[C@@H](C(C)C)C(=O)N(C)[C@@H](C)C(=O)NCCC(=O)N[C@@H](CC(C)C)C(=O)N1C. The van der Waals surface area contributed by atoms with Gasteiger partial charge >= 0.3 is 5.97 Å².